The molecule has 0 unspecified atom stereocenters. The molecular formula is C19H32O6. The molecule has 6 heteroatoms. The van der Waals surface area contributed by atoms with E-state index in [4.69, 9.17) is 9.47 Å². The molecule has 4 N–H and O–H groups in total. The second-order valence-electron chi connectivity index (χ2n) is 7.88. The number of hydrogen-bond acceptors (Lipinski definition) is 6. The average molecular weight is 356 g/mol. The Balaban J connectivity index is 2.00. The molecule has 0 bridgehead atoms. The number of hydrogen-bond donors (Lipinski definition) is 4. The third-order valence-electron chi connectivity index (χ3n) is 5.36. The standard InChI is InChI=1S/C19H32O6/c1-11-6-5-9-19(3,4)13(11)8-7-12(2)24-18-17(23)16(22)15(21)14(10-20)25-18/h6-8,12-18,20-23H,5,9-10H2,1-4H3/t12-,13+,14-,15-,16+,17-,18-/m1/s1. The Labute approximate surface area is 149 Å². The highest BCUT2D eigenvalue weighted by Crippen LogP contribution is 2.41. The van der Waals surface area contributed by atoms with Gasteiger partial charge in [-0.25, -0.2) is 0 Å². The average Bonchev–Trinajstić information content (AvgIpc) is 2.54. The van der Waals surface area contributed by atoms with Gasteiger partial charge in [0.05, 0.1) is 12.7 Å². The Hall–Kier alpha value is -0.760. The zero-order valence-electron chi connectivity index (χ0n) is 15.5. The zero-order chi connectivity index (χ0) is 18.8. The van der Waals surface area contributed by atoms with Crippen molar-refractivity contribution in [2.45, 2.75) is 77.3 Å². The highest BCUT2D eigenvalue weighted by atomic mass is 16.7. The zero-order valence-corrected chi connectivity index (χ0v) is 15.5. The minimum Gasteiger partial charge on any atom is -0.394 e. The van der Waals surface area contributed by atoms with Gasteiger partial charge in [-0.05, 0) is 32.1 Å². The van der Waals surface area contributed by atoms with Crippen LogP contribution in [0, 0.1) is 11.3 Å². The predicted molar refractivity (Wildman–Crippen MR) is 93.7 cm³/mol. The topological polar surface area (TPSA) is 99.4 Å². The molecule has 1 aliphatic heterocycles. The maximum absolute atomic E-state index is 10.0. The molecule has 0 spiro atoms. The van der Waals surface area contributed by atoms with Gasteiger partial charge in [0.1, 0.15) is 24.4 Å². The summed E-state index contributed by atoms with van der Waals surface area (Å²) in [5.74, 6) is 0.321. The molecule has 7 atom stereocenters. The van der Waals surface area contributed by atoms with E-state index in [9.17, 15) is 20.4 Å². The van der Waals surface area contributed by atoms with Crippen LogP contribution in [0.5, 0.6) is 0 Å². The van der Waals surface area contributed by atoms with E-state index in [1.807, 2.05) is 13.0 Å². The van der Waals surface area contributed by atoms with E-state index in [2.05, 4.69) is 32.9 Å². The Morgan fingerprint density at radius 3 is 2.56 bits per heavy atom. The number of allylic oxidation sites excluding steroid dienone is 3. The van der Waals surface area contributed by atoms with Crippen LogP contribution in [-0.4, -0.2) is 63.8 Å². The van der Waals surface area contributed by atoms with Crippen molar-refractivity contribution in [1.29, 1.82) is 0 Å². The molecule has 0 amide bonds. The Morgan fingerprint density at radius 2 is 1.96 bits per heavy atom. The summed E-state index contributed by atoms with van der Waals surface area (Å²) in [5, 5.41) is 38.9. The van der Waals surface area contributed by atoms with Crippen LogP contribution in [-0.2, 0) is 9.47 Å². The maximum Gasteiger partial charge on any atom is 0.187 e. The monoisotopic (exact) mass is 356 g/mol. The van der Waals surface area contributed by atoms with E-state index in [-0.39, 0.29) is 11.5 Å². The van der Waals surface area contributed by atoms with E-state index < -0.39 is 37.3 Å². The lowest BCUT2D eigenvalue weighted by molar-refractivity contribution is -0.306. The fourth-order valence-electron chi connectivity index (χ4n) is 3.69. The SMILES string of the molecule is CC1=CCCC(C)(C)[C@H]1C=C[C@@H](C)O[C@@H]1O[C@H](CO)[C@@H](O)[C@H](O)[C@H]1O. The molecule has 0 saturated carbocycles. The molecule has 25 heavy (non-hydrogen) atoms. The quantitative estimate of drug-likeness (QED) is 0.551. The highest BCUT2D eigenvalue weighted by molar-refractivity contribution is 5.19. The van der Waals surface area contributed by atoms with Crippen LogP contribution >= 0.6 is 0 Å². The molecule has 1 aliphatic carbocycles. The molecule has 2 aliphatic rings. The summed E-state index contributed by atoms with van der Waals surface area (Å²) in [6.45, 7) is 8.00. The van der Waals surface area contributed by atoms with Crippen molar-refractivity contribution in [3.63, 3.8) is 0 Å². The largest absolute Gasteiger partial charge is 0.394 e. The van der Waals surface area contributed by atoms with Gasteiger partial charge in [-0.2, -0.15) is 0 Å². The van der Waals surface area contributed by atoms with E-state index in [1.54, 1.807) is 0 Å². The lowest BCUT2D eigenvalue weighted by atomic mass is 9.68. The van der Waals surface area contributed by atoms with Gasteiger partial charge in [-0.15, -0.1) is 0 Å². The van der Waals surface area contributed by atoms with Gasteiger partial charge in [-0.1, -0.05) is 37.6 Å². The summed E-state index contributed by atoms with van der Waals surface area (Å²) in [4.78, 5) is 0. The fraction of sp³-hybridized carbons (Fsp3) is 0.789. The smallest absolute Gasteiger partial charge is 0.187 e. The first-order chi connectivity index (χ1) is 11.7. The van der Waals surface area contributed by atoms with Gasteiger partial charge in [0.2, 0.25) is 0 Å². The van der Waals surface area contributed by atoms with Gasteiger partial charge in [0.15, 0.2) is 6.29 Å². The number of ether oxygens (including phenoxy) is 2. The minimum absolute atomic E-state index is 0.179. The van der Waals surface area contributed by atoms with Crippen LogP contribution in [0.2, 0.25) is 0 Å². The Bertz CT molecular complexity index is 498. The lowest BCUT2D eigenvalue weighted by Gasteiger charge is -2.40. The Morgan fingerprint density at radius 1 is 1.28 bits per heavy atom. The first-order valence-corrected chi connectivity index (χ1v) is 8.98. The molecule has 0 aromatic rings. The first kappa shape index (κ1) is 20.6. The molecule has 0 aromatic carbocycles. The van der Waals surface area contributed by atoms with Gasteiger partial charge < -0.3 is 29.9 Å². The third kappa shape index (κ3) is 4.70. The third-order valence-corrected chi connectivity index (χ3v) is 5.36. The van der Waals surface area contributed by atoms with Crippen LogP contribution in [0.1, 0.15) is 40.5 Å². The number of rotatable bonds is 5. The maximum atomic E-state index is 10.0. The van der Waals surface area contributed by atoms with Crippen LogP contribution in [0.15, 0.2) is 23.8 Å². The molecule has 2 rings (SSSR count). The first-order valence-electron chi connectivity index (χ1n) is 8.98. The number of aliphatic hydroxyl groups is 4. The van der Waals surface area contributed by atoms with Crippen LogP contribution in [0.3, 0.4) is 0 Å². The van der Waals surface area contributed by atoms with Crippen molar-refractivity contribution >= 4 is 0 Å². The summed E-state index contributed by atoms with van der Waals surface area (Å²) in [6.07, 6.45) is 1.96. The predicted octanol–water partition coefficient (Wildman–Crippen LogP) is 1.13. The van der Waals surface area contributed by atoms with Crippen molar-refractivity contribution in [3.8, 4) is 0 Å². The molecular weight excluding hydrogens is 324 g/mol. The van der Waals surface area contributed by atoms with Crippen molar-refractivity contribution in [2.75, 3.05) is 6.61 Å². The summed E-state index contributed by atoms with van der Waals surface area (Å²) in [6, 6.07) is 0. The minimum atomic E-state index is -1.42. The van der Waals surface area contributed by atoms with Crippen molar-refractivity contribution in [1.82, 2.24) is 0 Å². The summed E-state index contributed by atoms with van der Waals surface area (Å²) in [5.41, 5.74) is 1.52. The van der Waals surface area contributed by atoms with Gasteiger partial charge in [-0.3, -0.25) is 0 Å². The molecule has 1 fully saturated rings. The Kier molecular flexibility index (Phi) is 6.81. The van der Waals surface area contributed by atoms with Crippen LogP contribution < -0.4 is 0 Å². The molecule has 1 heterocycles. The van der Waals surface area contributed by atoms with E-state index >= 15 is 0 Å². The lowest BCUT2D eigenvalue weighted by Crippen LogP contribution is -2.59. The summed E-state index contributed by atoms with van der Waals surface area (Å²) in [7, 11) is 0. The summed E-state index contributed by atoms with van der Waals surface area (Å²) < 4.78 is 11.1. The highest BCUT2D eigenvalue weighted by Gasteiger charge is 2.44. The second-order valence-corrected chi connectivity index (χ2v) is 7.88. The van der Waals surface area contributed by atoms with Gasteiger partial charge in [0.25, 0.3) is 0 Å². The molecule has 0 aromatic heterocycles. The number of aliphatic hydroxyl groups excluding tert-OH is 4. The molecule has 0 radical (unpaired) electrons. The van der Waals surface area contributed by atoms with Crippen LogP contribution in [0.4, 0.5) is 0 Å². The van der Waals surface area contributed by atoms with Crippen LogP contribution in [0.25, 0.3) is 0 Å². The molecule has 6 nitrogen and oxygen atoms in total. The normalized spacial score (nSPS) is 40.1. The molecule has 1 saturated heterocycles. The van der Waals surface area contributed by atoms with Crippen molar-refractivity contribution < 1.29 is 29.9 Å². The van der Waals surface area contributed by atoms with E-state index in [0.29, 0.717) is 5.92 Å². The van der Waals surface area contributed by atoms with E-state index in [0.717, 1.165) is 12.8 Å². The van der Waals surface area contributed by atoms with Crippen molar-refractivity contribution in [3.05, 3.63) is 23.8 Å². The second kappa shape index (κ2) is 8.29. The van der Waals surface area contributed by atoms with Gasteiger partial charge >= 0.3 is 0 Å². The van der Waals surface area contributed by atoms with Crippen molar-refractivity contribution in [2.24, 2.45) is 11.3 Å². The fourth-order valence-corrected chi connectivity index (χ4v) is 3.69. The van der Waals surface area contributed by atoms with Gasteiger partial charge in [0, 0.05) is 5.92 Å². The summed E-state index contributed by atoms with van der Waals surface area (Å²) >= 11 is 0. The molecule has 144 valence electrons. The van der Waals surface area contributed by atoms with E-state index in [1.165, 1.54) is 5.57 Å².